The van der Waals surface area contributed by atoms with Crippen molar-refractivity contribution in [3.63, 3.8) is 0 Å². The molecule has 0 saturated heterocycles. The first kappa shape index (κ1) is 10.8. The summed E-state index contributed by atoms with van der Waals surface area (Å²) in [6, 6.07) is 2.28. The lowest BCUT2D eigenvalue weighted by Gasteiger charge is -2.09. The molecule has 1 aromatic rings. The molecule has 0 aliphatic carbocycles. The molecule has 1 rings (SSSR count). The van der Waals surface area contributed by atoms with Gasteiger partial charge in [0.05, 0.1) is 5.56 Å². The van der Waals surface area contributed by atoms with Gasteiger partial charge in [-0.3, -0.25) is 4.79 Å². The average molecular weight is 226 g/mol. The number of rotatable bonds is 2. The number of hydrogen-bond acceptors (Lipinski definition) is 3. The van der Waals surface area contributed by atoms with Crippen molar-refractivity contribution in [2.24, 2.45) is 0 Å². The first-order chi connectivity index (χ1) is 6.42. The average Bonchev–Trinajstić information content (AvgIpc) is 2.01. The molecule has 0 atom stereocenters. The van der Waals surface area contributed by atoms with Crippen molar-refractivity contribution in [2.75, 3.05) is 0 Å². The second-order valence-corrected chi connectivity index (χ2v) is 2.58. The van der Waals surface area contributed by atoms with Gasteiger partial charge in [-0.1, -0.05) is 11.6 Å². The van der Waals surface area contributed by atoms with Crippen molar-refractivity contribution in [3.8, 4) is 5.88 Å². The maximum Gasteiger partial charge on any atom is 0.574 e. The van der Waals surface area contributed by atoms with Crippen LogP contribution in [0.2, 0.25) is 5.15 Å². The van der Waals surface area contributed by atoms with Crippen LogP contribution in [-0.4, -0.2) is 17.6 Å². The van der Waals surface area contributed by atoms with Crippen LogP contribution >= 0.6 is 11.6 Å². The first-order valence-electron chi connectivity index (χ1n) is 3.30. The van der Waals surface area contributed by atoms with E-state index >= 15 is 0 Å². The van der Waals surface area contributed by atoms with Gasteiger partial charge in [-0.15, -0.1) is 13.2 Å². The molecule has 0 aliphatic rings. The fourth-order valence-electron chi connectivity index (χ4n) is 0.710. The van der Waals surface area contributed by atoms with Gasteiger partial charge in [-0.25, -0.2) is 4.98 Å². The van der Waals surface area contributed by atoms with Crippen LogP contribution in [0.1, 0.15) is 10.4 Å². The number of hydrogen-bond donors (Lipinski definition) is 0. The van der Waals surface area contributed by atoms with Gasteiger partial charge in [0.1, 0.15) is 5.15 Å². The molecule has 0 saturated carbocycles. The lowest BCUT2D eigenvalue weighted by molar-refractivity contribution is -0.276. The highest BCUT2D eigenvalue weighted by atomic mass is 35.5. The topological polar surface area (TPSA) is 39.2 Å². The van der Waals surface area contributed by atoms with E-state index < -0.39 is 12.2 Å². The normalized spacial score (nSPS) is 11.1. The second kappa shape index (κ2) is 3.83. The number of carbonyl (C=O) groups is 1. The molecule has 0 fully saturated rings. The van der Waals surface area contributed by atoms with Crippen molar-refractivity contribution in [3.05, 3.63) is 22.8 Å². The number of nitrogens with zero attached hydrogens (tertiary/aromatic N) is 1. The van der Waals surface area contributed by atoms with Crippen LogP contribution in [0.25, 0.3) is 0 Å². The Labute approximate surface area is 81.5 Å². The smallest absolute Gasteiger partial charge is 0.387 e. The summed E-state index contributed by atoms with van der Waals surface area (Å²) >= 11 is 5.33. The van der Waals surface area contributed by atoms with Crippen LogP contribution < -0.4 is 4.74 Å². The molecule has 0 bridgehead atoms. The van der Waals surface area contributed by atoms with E-state index in [1.54, 1.807) is 0 Å². The Morgan fingerprint density at radius 1 is 1.43 bits per heavy atom. The van der Waals surface area contributed by atoms with E-state index in [4.69, 9.17) is 11.6 Å². The van der Waals surface area contributed by atoms with E-state index in [-0.39, 0.29) is 17.0 Å². The Morgan fingerprint density at radius 2 is 2.07 bits per heavy atom. The van der Waals surface area contributed by atoms with E-state index in [2.05, 4.69) is 9.72 Å². The second-order valence-electron chi connectivity index (χ2n) is 2.19. The molecule has 0 aromatic carbocycles. The zero-order chi connectivity index (χ0) is 10.8. The highest BCUT2D eigenvalue weighted by Crippen LogP contribution is 2.24. The molecular weight excluding hydrogens is 223 g/mol. The van der Waals surface area contributed by atoms with E-state index in [9.17, 15) is 18.0 Å². The van der Waals surface area contributed by atoms with Gasteiger partial charge in [-0.2, -0.15) is 0 Å². The zero-order valence-electron chi connectivity index (χ0n) is 6.51. The summed E-state index contributed by atoms with van der Waals surface area (Å²) in [7, 11) is 0. The summed E-state index contributed by atoms with van der Waals surface area (Å²) < 4.78 is 38.8. The molecule has 0 amide bonds. The largest absolute Gasteiger partial charge is 0.574 e. The molecule has 0 N–H and O–H groups in total. The quantitative estimate of drug-likeness (QED) is 0.573. The molecule has 0 unspecified atom stereocenters. The zero-order valence-corrected chi connectivity index (χ0v) is 7.26. The summed E-state index contributed by atoms with van der Waals surface area (Å²) in [5.74, 6) is -0.847. The lowest BCUT2D eigenvalue weighted by Crippen LogP contribution is -2.19. The maximum absolute atomic E-state index is 11.8. The van der Waals surface area contributed by atoms with Crippen LogP contribution in [0.15, 0.2) is 12.1 Å². The predicted molar refractivity (Wildman–Crippen MR) is 41.3 cm³/mol. The molecule has 1 aromatic heterocycles. The monoisotopic (exact) mass is 225 g/mol. The number of pyridine rings is 1. The highest BCUT2D eigenvalue weighted by molar-refractivity contribution is 6.29. The van der Waals surface area contributed by atoms with Crippen LogP contribution in [0, 0.1) is 0 Å². The van der Waals surface area contributed by atoms with Gasteiger partial charge in [0.15, 0.2) is 6.29 Å². The van der Waals surface area contributed by atoms with Gasteiger partial charge in [0.2, 0.25) is 5.88 Å². The van der Waals surface area contributed by atoms with Crippen molar-refractivity contribution in [1.29, 1.82) is 0 Å². The molecular formula is C7H3ClF3NO2. The van der Waals surface area contributed by atoms with E-state index in [0.717, 1.165) is 6.07 Å². The van der Waals surface area contributed by atoms with Gasteiger partial charge >= 0.3 is 6.36 Å². The third-order valence-electron chi connectivity index (χ3n) is 1.20. The Bertz CT molecular complexity index is 353. The molecule has 0 radical (unpaired) electrons. The fraction of sp³-hybridized carbons (Fsp3) is 0.143. The summed E-state index contributed by atoms with van der Waals surface area (Å²) in [5.41, 5.74) is -0.313. The fourth-order valence-corrected chi connectivity index (χ4v) is 0.849. The van der Waals surface area contributed by atoms with Crippen LogP contribution in [0.4, 0.5) is 13.2 Å². The van der Waals surface area contributed by atoms with Crippen LogP contribution in [0.3, 0.4) is 0 Å². The van der Waals surface area contributed by atoms with E-state index in [0.29, 0.717) is 0 Å². The Kier molecular flexibility index (Phi) is 2.95. The van der Waals surface area contributed by atoms with Crippen molar-refractivity contribution >= 4 is 17.9 Å². The number of aromatic nitrogens is 1. The number of halogens is 4. The summed E-state index contributed by atoms with van der Waals surface area (Å²) in [6.45, 7) is 0. The SMILES string of the molecule is O=Cc1ccc(Cl)nc1OC(F)(F)F. The van der Waals surface area contributed by atoms with Gasteiger partial charge < -0.3 is 4.74 Å². The third-order valence-corrected chi connectivity index (χ3v) is 1.41. The minimum Gasteiger partial charge on any atom is -0.387 e. The predicted octanol–water partition coefficient (Wildman–Crippen LogP) is 2.45. The molecule has 14 heavy (non-hydrogen) atoms. The van der Waals surface area contributed by atoms with Crippen molar-refractivity contribution in [2.45, 2.75) is 6.36 Å². The van der Waals surface area contributed by atoms with Crippen LogP contribution in [0.5, 0.6) is 5.88 Å². The van der Waals surface area contributed by atoms with Gasteiger partial charge in [-0.05, 0) is 12.1 Å². The number of ether oxygens (including phenoxy) is 1. The Morgan fingerprint density at radius 3 is 2.57 bits per heavy atom. The molecule has 1 heterocycles. The van der Waals surface area contributed by atoms with Gasteiger partial charge in [0, 0.05) is 0 Å². The van der Waals surface area contributed by atoms with E-state index in [1.807, 2.05) is 0 Å². The minimum atomic E-state index is -4.89. The number of aldehydes is 1. The number of alkyl halides is 3. The number of carbonyl (C=O) groups excluding carboxylic acids is 1. The Hall–Kier alpha value is -1.30. The molecule has 0 aliphatic heterocycles. The van der Waals surface area contributed by atoms with E-state index in [1.165, 1.54) is 6.07 Å². The molecule has 3 nitrogen and oxygen atoms in total. The Balaban J connectivity index is 3.05. The third kappa shape index (κ3) is 2.88. The first-order valence-corrected chi connectivity index (χ1v) is 3.67. The van der Waals surface area contributed by atoms with Crippen LogP contribution in [-0.2, 0) is 0 Å². The summed E-state index contributed by atoms with van der Waals surface area (Å²) in [5, 5.41) is -0.185. The lowest BCUT2D eigenvalue weighted by atomic mass is 10.3. The van der Waals surface area contributed by atoms with Crippen molar-refractivity contribution < 1.29 is 22.7 Å². The maximum atomic E-state index is 11.8. The minimum absolute atomic E-state index is 0.185. The molecule has 76 valence electrons. The van der Waals surface area contributed by atoms with Crippen molar-refractivity contribution in [1.82, 2.24) is 4.98 Å². The van der Waals surface area contributed by atoms with Gasteiger partial charge in [0.25, 0.3) is 0 Å². The summed E-state index contributed by atoms with van der Waals surface area (Å²) in [4.78, 5) is 13.5. The molecule has 7 heteroatoms. The standard InChI is InChI=1S/C7H3ClF3NO2/c8-5-2-1-4(3-13)6(12-5)14-7(9,10)11/h1-3H. The highest BCUT2D eigenvalue weighted by Gasteiger charge is 2.33. The molecule has 0 spiro atoms. The summed E-state index contributed by atoms with van der Waals surface area (Å²) in [6.07, 6.45) is -4.69.